The monoisotopic (exact) mass is 343 g/mol. The zero-order chi connectivity index (χ0) is 14.1. The maximum atomic E-state index is 6.40. The molecule has 3 rings (SSSR count). The number of rotatable bonds is 2. The Bertz CT molecular complexity index is 618. The lowest BCUT2D eigenvalue weighted by atomic mass is 9.91. The molecular formula is C15H15Cl2NS2. The summed E-state index contributed by atoms with van der Waals surface area (Å²) >= 11 is 15.7. The van der Waals surface area contributed by atoms with Gasteiger partial charge in [-0.1, -0.05) is 28.8 Å². The normalized spacial score (nSPS) is 16.6. The van der Waals surface area contributed by atoms with Gasteiger partial charge in [0.25, 0.3) is 0 Å². The summed E-state index contributed by atoms with van der Waals surface area (Å²) in [6.07, 6.45) is 2.21. The fraction of sp³-hybridized carbons (Fsp3) is 0.333. The fourth-order valence-electron chi connectivity index (χ4n) is 2.61. The van der Waals surface area contributed by atoms with Crippen molar-refractivity contribution in [2.24, 2.45) is 0 Å². The van der Waals surface area contributed by atoms with Crippen molar-refractivity contribution >= 4 is 51.4 Å². The number of nitrogens with zero attached hydrogens (tertiary/aromatic N) is 1. The van der Waals surface area contributed by atoms with Gasteiger partial charge in [0, 0.05) is 18.7 Å². The van der Waals surface area contributed by atoms with Gasteiger partial charge in [-0.05, 0) is 53.9 Å². The third-order valence-corrected chi connectivity index (χ3v) is 5.85. The first-order chi connectivity index (χ1) is 9.65. The molecular weight excluding hydrogens is 329 g/mol. The van der Waals surface area contributed by atoms with E-state index in [2.05, 4.69) is 28.8 Å². The van der Waals surface area contributed by atoms with Crippen molar-refractivity contribution in [3.63, 3.8) is 0 Å². The average Bonchev–Trinajstić information content (AvgIpc) is 3.03. The summed E-state index contributed by atoms with van der Waals surface area (Å²) in [4.78, 5) is 2.37. The molecule has 1 aliphatic heterocycles. The molecule has 1 fully saturated rings. The quantitative estimate of drug-likeness (QED) is 0.681. The molecule has 0 atom stereocenters. The SMILES string of the molecule is CN1CCC(=C(c2ccsc2)c2cc(Cl)sc2Cl)CC1. The highest BCUT2D eigenvalue weighted by Gasteiger charge is 2.20. The number of halogens is 2. The van der Waals surface area contributed by atoms with Crippen LogP contribution in [-0.4, -0.2) is 25.0 Å². The Balaban J connectivity index is 2.10. The van der Waals surface area contributed by atoms with Crippen LogP contribution in [0.4, 0.5) is 0 Å². The van der Waals surface area contributed by atoms with E-state index in [-0.39, 0.29) is 0 Å². The van der Waals surface area contributed by atoms with Crippen molar-refractivity contribution in [3.8, 4) is 0 Å². The minimum absolute atomic E-state index is 0.756. The zero-order valence-electron chi connectivity index (χ0n) is 11.2. The van der Waals surface area contributed by atoms with Crippen molar-refractivity contribution in [2.75, 3.05) is 20.1 Å². The van der Waals surface area contributed by atoms with Gasteiger partial charge in [0.2, 0.25) is 0 Å². The molecule has 5 heteroatoms. The number of likely N-dealkylation sites (tertiary alicyclic amines) is 1. The van der Waals surface area contributed by atoms with Crippen molar-refractivity contribution in [1.82, 2.24) is 4.90 Å². The Hall–Kier alpha value is -0.320. The Morgan fingerprint density at radius 1 is 1.25 bits per heavy atom. The van der Waals surface area contributed by atoms with Crippen LogP contribution < -0.4 is 0 Å². The third kappa shape index (κ3) is 2.97. The Kier molecular flexibility index (Phi) is 4.53. The van der Waals surface area contributed by atoms with Gasteiger partial charge < -0.3 is 4.90 Å². The number of thiophene rings is 2. The fourth-order valence-corrected chi connectivity index (χ4v) is 4.73. The molecule has 0 N–H and O–H groups in total. The van der Waals surface area contributed by atoms with E-state index in [9.17, 15) is 0 Å². The van der Waals surface area contributed by atoms with Gasteiger partial charge in [0.05, 0.1) is 4.34 Å². The summed E-state index contributed by atoms with van der Waals surface area (Å²) in [5, 5.41) is 4.31. The van der Waals surface area contributed by atoms with Gasteiger partial charge >= 0.3 is 0 Å². The molecule has 1 aliphatic rings. The van der Waals surface area contributed by atoms with E-state index in [1.165, 1.54) is 28.0 Å². The molecule has 0 aromatic carbocycles. The average molecular weight is 344 g/mol. The van der Waals surface area contributed by atoms with Crippen molar-refractivity contribution in [1.29, 1.82) is 0 Å². The first-order valence-corrected chi connectivity index (χ1v) is 9.05. The summed E-state index contributed by atoms with van der Waals surface area (Å²) in [6.45, 7) is 2.22. The van der Waals surface area contributed by atoms with E-state index < -0.39 is 0 Å². The largest absolute Gasteiger partial charge is 0.306 e. The topological polar surface area (TPSA) is 3.24 Å². The molecule has 0 bridgehead atoms. The highest BCUT2D eigenvalue weighted by Crippen LogP contribution is 2.41. The van der Waals surface area contributed by atoms with E-state index in [0.717, 1.165) is 40.2 Å². The summed E-state index contributed by atoms with van der Waals surface area (Å²) in [5.41, 5.74) is 5.16. The van der Waals surface area contributed by atoms with Gasteiger partial charge in [-0.2, -0.15) is 11.3 Å². The van der Waals surface area contributed by atoms with E-state index in [4.69, 9.17) is 23.2 Å². The van der Waals surface area contributed by atoms with Gasteiger partial charge in [-0.3, -0.25) is 0 Å². The second-order valence-electron chi connectivity index (χ2n) is 5.03. The summed E-state index contributed by atoms with van der Waals surface area (Å²) < 4.78 is 1.55. The summed E-state index contributed by atoms with van der Waals surface area (Å²) in [5.74, 6) is 0. The highest BCUT2D eigenvalue weighted by atomic mass is 35.5. The van der Waals surface area contributed by atoms with Crippen LogP contribution in [0, 0.1) is 0 Å². The van der Waals surface area contributed by atoms with Crippen LogP contribution in [0.5, 0.6) is 0 Å². The lowest BCUT2D eigenvalue weighted by molar-refractivity contribution is 0.313. The van der Waals surface area contributed by atoms with E-state index in [1.807, 2.05) is 6.07 Å². The molecule has 2 aromatic heterocycles. The Morgan fingerprint density at radius 2 is 2.00 bits per heavy atom. The lowest BCUT2D eigenvalue weighted by Crippen LogP contribution is -2.26. The molecule has 106 valence electrons. The molecule has 0 saturated carbocycles. The van der Waals surface area contributed by atoms with Gasteiger partial charge in [-0.15, -0.1) is 11.3 Å². The third-order valence-electron chi connectivity index (χ3n) is 3.68. The molecule has 20 heavy (non-hydrogen) atoms. The summed E-state index contributed by atoms with van der Waals surface area (Å²) in [6, 6.07) is 4.18. The second kappa shape index (κ2) is 6.20. The predicted octanol–water partition coefficient (Wildman–Crippen LogP) is 5.64. The molecule has 2 aromatic rings. The van der Waals surface area contributed by atoms with Gasteiger partial charge in [0.15, 0.2) is 0 Å². The molecule has 0 aliphatic carbocycles. The van der Waals surface area contributed by atoms with E-state index >= 15 is 0 Å². The molecule has 1 nitrogen and oxygen atoms in total. The van der Waals surface area contributed by atoms with Crippen molar-refractivity contribution in [3.05, 3.63) is 48.3 Å². The van der Waals surface area contributed by atoms with Crippen LogP contribution >= 0.6 is 45.9 Å². The zero-order valence-corrected chi connectivity index (χ0v) is 14.3. The number of hydrogen-bond donors (Lipinski definition) is 0. The molecule has 0 amide bonds. The minimum atomic E-state index is 0.756. The molecule has 1 saturated heterocycles. The first-order valence-electron chi connectivity index (χ1n) is 6.53. The van der Waals surface area contributed by atoms with Gasteiger partial charge in [-0.25, -0.2) is 0 Å². The molecule has 0 unspecified atom stereocenters. The maximum absolute atomic E-state index is 6.40. The van der Waals surface area contributed by atoms with Crippen LogP contribution in [0.15, 0.2) is 28.5 Å². The van der Waals surface area contributed by atoms with Crippen molar-refractivity contribution < 1.29 is 0 Å². The standard InChI is InChI=1S/C15H15Cl2NS2/c1-18-5-2-10(3-6-18)14(11-4-7-19-9-11)12-8-13(16)20-15(12)17/h4,7-9H,2-3,5-6H2,1H3. The molecule has 0 radical (unpaired) electrons. The second-order valence-corrected chi connectivity index (χ2v) is 8.10. The molecule has 3 heterocycles. The van der Waals surface area contributed by atoms with Crippen molar-refractivity contribution in [2.45, 2.75) is 12.8 Å². The highest BCUT2D eigenvalue weighted by molar-refractivity contribution is 7.20. The first kappa shape index (κ1) is 14.6. The van der Waals surface area contributed by atoms with Gasteiger partial charge in [0.1, 0.15) is 4.34 Å². The minimum Gasteiger partial charge on any atom is -0.306 e. The molecule has 0 spiro atoms. The smallest absolute Gasteiger partial charge is 0.102 e. The van der Waals surface area contributed by atoms with E-state index in [1.54, 1.807) is 11.3 Å². The van der Waals surface area contributed by atoms with Crippen LogP contribution in [0.25, 0.3) is 5.57 Å². The van der Waals surface area contributed by atoms with Crippen LogP contribution in [0.2, 0.25) is 8.67 Å². The predicted molar refractivity (Wildman–Crippen MR) is 91.4 cm³/mol. The van der Waals surface area contributed by atoms with Crippen LogP contribution in [-0.2, 0) is 0 Å². The lowest BCUT2D eigenvalue weighted by Gasteiger charge is -2.26. The number of piperidine rings is 1. The Labute approximate surface area is 137 Å². The maximum Gasteiger partial charge on any atom is 0.102 e. The Morgan fingerprint density at radius 3 is 2.55 bits per heavy atom. The van der Waals surface area contributed by atoms with Crippen LogP contribution in [0.3, 0.4) is 0 Å². The number of hydrogen-bond acceptors (Lipinski definition) is 3. The van der Waals surface area contributed by atoms with E-state index in [0.29, 0.717) is 0 Å². The summed E-state index contributed by atoms with van der Waals surface area (Å²) in [7, 11) is 2.18. The van der Waals surface area contributed by atoms with Crippen LogP contribution in [0.1, 0.15) is 24.0 Å².